The molecule has 150 valence electrons. The minimum Gasteiger partial charge on any atom is -0.508 e. The predicted octanol–water partition coefficient (Wildman–Crippen LogP) is 3.36. The fraction of sp³-hybridized carbons (Fsp3) is 0.217. The standard InChI is InChI=1S/C23H26N4O2/c1-27(2)10-9-25-23(29)19-7-4-6-18(12-19)20-13-21(16-24-15-20)26-14-17-5-3-8-22(28)11-17/h3-8,11-13,15-16,26,28H,9-10,14H2,1-2H3,(H,25,29). The zero-order valence-corrected chi connectivity index (χ0v) is 16.7. The molecule has 0 spiro atoms. The number of amides is 1. The summed E-state index contributed by atoms with van der Waals surface area (Å²) in [5.41, 5.74) is 4.32. The van der Waals surface area contributed by atoms with Gasteiger partial charge in [-0.15, -0.1) is 0 Å². The molecule has 6 heteroatoms. The van der Waals surface area contributed by atoms with Crippen LogP contribution in [0.15, 0.2) is 67.0 Å². The van der Waals surface area contributed by atoms with Crippen molar-refractivity contribution in [3.8, 4) is 16.9 Å². The van der Waals surface area contributed by atoms with Crippen LogP contribution in [0.1, 0.15) is 15.9 Å². The van der Waals surface area contributed by atoms with E-state index in [1.165, 1.54) is 0 Å². The highest BCUT2D eigenvalue weighted by atomic mass is 16.3. The Morgan fingerprint density at radius 1 is 1.03 bits per heavy atom. The number of phenolic OH excluding ortho intramolecular Hbond substituents is 1. The van der Waals surface area contributed by atoms with Gasteiger partial charge in [0.1, 0.15) is 5.75 Å². The first kappa shape index (κ1) is 20.4. The molecule has 1 heterocycles. The minimum absolute atomic E-state index is 0.0835. The molecule has 3 aromatic rings. The van der Waals surface area contributed by atoms with Gasteiger partial charge in [-0.2, -0.15) is 0 Å². The lowest BCUT2D eigenvalue weighted by Gasteiger charge is -2.11. The SMILES string of the molecule is CN(C)CCNC(=O)c1cccc(-c2cncc(NCc3cccc(O)c3)c2)c1. The summed E-state index contributed by atoms with van der Waals surface area (Å²) >= 11 is 0. The van der Waals surface area contributed by atoms with Gasteiger partial charge in [0.2, 0.25) is 0 Å². The number of pyridine rings is 1. The van der Waals surface area contributed by atoms with Crippen molar-refractivity contribution < 1.29 is 9.90 Å². The normalized spacial score (nSPS) is 10.7. The lowest BCUT2D eigenvalue weighted by molar-refractivity contribution is 0.0951. The zero-order valence-electron chi connectivity index (χ0n) is 16.7. The molecular weight excluding hydrogens is 364 g/mol. The Balaban J connectivity index is 1.69. The summed E-state index contributed by atoms with van der Waals surface area (Å²) < 4.78 is 0. The van der Waals surface area contributed by atoms with Gasteiger partial charge >= 0.3 is 0 Å². The van der Waals surface area contributed by atoms with E-state index in [4.69, 9.17) is 0 Å². The van der Waals surface area contributed by atoms with E-state index in [1.807, 2.05) is 61.5 Å². The number of anilines is 1. The number of likely N-dealkylation sites (N-methyl/N-ethyl adjacent to an activating group) is 1. The molecule has 0 fully saturated rings. The van der Waals surface area contributed by atoms with Crippen LogP contribution in [0.2, 0.25) is 0 Å². The van der Waals surface area contributed by atoms with Crippen LogP contribution in [0.5, 0.6) is 5.75 Å². The van der Waals surface area contributed by atoms with Crippen molar-refractivity contribution in [2.24, 2.45) is 0 Å². The highest BCUT2D eigenvalue weighted by Crippen LogP contribution is 2.23. The summed E-state index contributed by atoms with van der Waals surface area (Å²) in [4.78, 5) is 18.7. The van der Waals surface area contributed by atoms with E-state index in [0.717, 1.165) is 28.9 Å². The average Bonchev–Trinajstić information content (AvgIpc) is 2.72. The second-order valence-electron chi connectivity index (χ2n) is 7.13. The lowest BCUT2D eigenvalue weighted by atomic mass is 10.0. The zero-order chi connectivity index (χ0) is 20.6. The van der Waals surface area contributed by atoms with Gasteiger partial charge < -0.3 is 20.6 Å². The largest absolute Gasteiger partial charge is 0.508 e. The molecule has 1 aromatic heterocycles. The second kappa shape index (κ2) is 9.71. The molecule has 2 aromatic carbocycles. The minimum atomic E-state index is -0.0835. The number of benzene rings is 2. The highest BCUT2D eigenvalue weighted by Gasteiger charge is 2.08. The van der Waals surface area contributed by atoms with Crippen molar-refractivity contribution in [1.29, 1.82) is 0 Å². The monoisotopic (exact) mass is 390 g/mol. The van der Waals surface area contributed by atoms with Crippen LogP contribution in [-0.2, 0) is 6.54 Å². The Morgan fingerprint density at radius 2 is 1.86 bits per heavy atom. The number of nitrogens with zero attached hydrogens (tertiary/aromatic N) is 2. The van der Waals surface area contributed by atoms with E-state index in [2.05, 4.69) is 15.6 Å². The summed E-state index contributed by atoms with van der Waals surface area (Å²) in [6.07, 6.45) is 3.53. The van der Waals surface area contributed by atoms with E-state index in [9.17, 15) is 9.90 Å². The molecule has 3 rings (SSSR count). The third-order valence-corrected chi connectivity index (χ3v) is 4.45. The first-order valence-corrected chi connectivity index (χ1v) is 9.51. The first-order chi connectivity index (χ1) is 14.0. The molecule has 0 aliphatic carbocycles. The van der Waals surface area contributed by atoms with Gasteiger partial charge in [0, 0.05) is 43.2 Å². The number of aromatic hydroxyl groups is 1. The number of phenols is 1. The first-order valence-electron chi connectivity index (χ1n) is 9.51. The van der Waals surface area contributed by atoms with Gasteiger partial charge in [-0.3, -0.25) is 9.78 Å². The molecule has 29 heavy (non-hydrogen) atoms. The molecule has 0 unspecified atom stereocenters. The average molecular weight is 390 g/mol. The Morgan fingerprint density at radius 3 is 2.66 bits per heavy atom. The van der Waals surface area contributed by atoms with E-state index in [1.54, 1.807) is 24.5 Å². The van der Waals surface area contributed by atoms with Gasteiger partial charge in [0.15, 0.2) is 0 Å². The lowest BCUT2D eigenvalue weighted by Crippen LogP contribution is -2.31. The number of hydrogen-bond donors (Lipinski definition) is 3. The molecule has 0 radical (unpaired) electrons. The molecule has 0 atom stereocenters. The van der Waals surface area contributed by atoms with Crippen molar-refractivity contribution in [2.75, 3.05) is 32.5 Å². The fourth-order valence-corrected chi connectivity index (χ4v) is 2.90. The highest BCUT2D eigenvalue weighted by molar-refractivity contribution is 5.95. The van der Waals surface area contributed by atoms with E-state index >= 15 is 0 Å². The molecule has 1 amide bonds. The quantitative estimate of drug-likeness (QED) is 0.550. The molecule has 0 saturated carbocycles. The predicted molar refractivity (Wildman–Crippen MR) is 116 cm³/mol. The van der Waals surface area contributed by atoms with E-state index in [0.29, 0.717) is 18.7 Å². The van der Waals surface area contributed by atoms with Gasteiger partial charge in [0.25, 0.3) is 5.91 Å². The topological polar surface area (TPSA) is 77.5 Å². The van der Waals surface area contributed by atoms with Gasteiger partial charge in [-0.25, -0.2) is 0 Å². The van der Waals surface area contributed by atoms with Crippen molar-refractivity contribution in [1.82, 2.24) is 15.2 Å². The van der Waals surface area contributed by atoms with Gasteiger partial charge in [-0.1, -0.05) is 24.3 Å². The Labute approximate surface area is 171 Å². The summed E-state index contributed by atoms with van der Waals surface area (Å²) in [6.45, 7) is 1.97. The van der Waals surface area contributed by atoms with Gasteiger partial charge in [-0.05, 0) is 55.6 Å². The van der Waals surface area contributed by atoms with Crippen LogP contribution in [-0.4, -0.2) is 48.1 Å². The number of carbonyl (C=O) groups excluding carboxylic acids is 1. The van der Waals surface area contributed by atoms with Gasteiger partial charge in [0.05, 0.1) is 5.69 Å². The van der Waals surface area contributed by atoms with Crippen LogP contribution in [0, 0.1) is 0 Å². The number of aromatic nitrogens is 1. The second-order valence-corrected chi connectivity index (χ2v) is 7.13. The molecule has 0 bridgehead atoms. The van der Waals surface area contributed by atoms with Crippen LogP contribution in [0.4, 0.5) is 5.69 Å². The maximum Gasteiger partial charge on any atom is 0.251 e. The third kappa shape index (κ3) is 6.05. The number of rotatable bonds is 8. The molecule has 0 saturated heterocycles. The van der Waals surface area contributed by atoms with Crippen LogP contribution >= 0.6 is 0 Å². The fourth-order valence-electron chi connectivity index (χ4n) is 2.90. The number of nitrogens with one attached hydrogen (secondary N) is 2. The molecule has 0 aliphatic heterocycles. The molecular formula is C23H26N4O2. The Kier molecular flexibility index (Phi) is 6.81. The maximum absolute atomic E-state index is 12.4. The van der Waals surface area contributed by atoms with Crippen LogP contribution in [0.3, 0.4) is 0 Å². The number of carbonyl (C=O) groups is 1. The van der Waals surface area contributed by atoms with Crippen molar-refractivity contribution >= 4 is 11.6 Å². The summed E-state index contributed by atoms with van der Waals surface area (Å²) in [7, 11) is 3.95. The maximum atomic E-state index is 12.4. The Bertz CT molecular complexity index is 972. The summed E-state index contributed by atoms with van der Waals surface area (Å²) in [5.74, 6) is 0.164. The van der Waals surface area contributed by atoms with E-state index in [-0.39, 0.29) is 11.7 Å². The summed E-state index contributed by atoms with van der Waals surface area (Å²) in [6, 6.07) is 16.7. The summed E-state index contributed by atoms with van der Waals surface area (Å²) in [5, 5.41) is 15.8. The molecule has 3 N–H and O–H groups in total. The smallest absolute Gasteiger partial charge is 0.251 e. The van der Waals surface area contributed by atoms with E-state index < -0.39 is 0 Å². The molecule has 0 aliphatic rings. The number of hydrogen-bond acceptors (Lipinski definition) is 5. The third-order valence-electron chi connectivity index (χ3n) is 4.45. The van der Waals surface area contributed by atoms with Crippen molar-refractivity contribution in [3.05, 3.63) is 78.1 Å². The van der Waals surface area contributed by atoms with Crippen molar-refractivity contribution in [2.45, 2.75) is 6.54 Å². The Hall–Kier alpha value is -3.38. The molecule has 6 nitrogen and oxygen atoms in total. The van der Waals surface area contributed by atoms with Crippen molar-refractivity contribution in [3.63, 3.8) is 0 Å². The van der Waals surface area contributed by atoms with Crippen LogP contribution < -0.4 is 10.6 Å². The van der Waals surface area contributed by atoms with Crippen LogP contribution in [0.25, 0.3) is 11.1 Å².